The van der Waals surface area contributed by atoms with Gasteiger partial charge in [-0.15, -0.1) is 0 Å². The van der Waals surface area contributed by atoms with Crippen LogP contribution in [0.15, 0.2) is 47.4 Å². The summed E-state index contributed by atoms with van der Waals surface area (Å²) in [5.74, 6) is -4.63. The molecule has 10 nitrogen and oxygen atoms in total. The van der Waals surface area contributed by atoms with E-state index in [4.69, 9.17) is 5.73 Å². The quantitative estimate of drug-likeness (QED) is 0.192. The predicted octanol–water partition coefficient (Wildman–Crippen LogP) is 3.18. The van der Waals surface area contributed by atoms with Crippen molar-refractivity contribution in [1.82, 2.24) is 8.54 Å². The van der Waals surface area contributed by atoms with E-state index in [1.165, 1.54) is 0 Å². The minimum atomic E-state index is -4.36. The van der Waals surface area contributed by atoms with E-state index in [0.29, 0.717) is 27.4 Å². The molecule has 3 unspecified atom stereocenters. The molecule has 0 aliphatic carbocycles. The topological polar surface area (TPSA) is 162 Å². The van der Waals surface area contributed by atoms with E-state index in [1.807, 2.05) is 0 Å². The number of rotatable bonds is 9. The molecule has 0 radical (unpaired) electrons. The third kappa shape index (κ3) is 5.53. The summed E-state index contributed by atoms with van der Waals surface area (Å²) in [6.45, 7) is 4.83. The number of benzene rings is 2. The number of hydrogen-bond donors (Lipinski definition) is 5. The van der Waals surface area contributed by atoms with Gasteiger partial charge in [-0.25, -0.2) is 0 Å². The summed E-state index contributed by atoms with van der Waals surface area (Å²) in [5.41, 5.74) is 10.4. The lowest BCUT2D eigenvalue weighted by Crippen LogP contribution is -2.46. The molecular weight excluding hydrogens is 487 g/mol. The number of carbonyl (C=O) groups is 1. The number of anilines is 2. The number of nitrogen functional groups attached to an aromatic ring is 1. The number of carboxylic acids is 1. The lowest BCUT2D eigenvalue weighted by Gasteiger charge is -2.30. The Morgan fingerprint density at radius 2 is 1.91 bits per heavy atom. The predicted molar refractivity (Wildman–Crippen MR) is 129 cm³/mol. The number of aliphatic carboxylic acids is 1. The Labute approximate surface area is 197 Å². The molecule has 0 saturated heterocycles. The molecule has 0 amide bonds. The van der Waals surface area contributed by atoms with Gasteiger partial charge >= 0.3 is 16.2 Å². The molecular formula is C20H27N4O6PS2. The Hall–Kier alpha value is -2.08. The van der Waals surface area contributed by atoms with Gasteiger partial charge in [-0.2, -0.15) is 13.1 Å². The van der Waals surface area contributed by atoms with Gasteiger partial charge in [0.15, 0.2) is 0 Å². The minimum Gasteiger partial charge on any atom is -0.481 e. The van der Waals surface area contributed by atoms with Crippen molar-refractivity contribution in [2.75, 3.05) is 17.3 Å². The SMILES string of the molecule is Cc1c(N)cccc1C(CP(=O)(O)C(NS(=O)(=O)N1Nc2ccccc2S1)C(C)C)C(=O)O. The van der Waals surface area contributed by atoms with E-state index in [9.17, 15) is 27.8 Å². The number of hydrazine groups is 1. The summed E-state index contributed by atoms with van der Waals surface area (Å²) in [5, 5.41) is 9.80. The molecule has 1 heterocycles. The highest BCUT2D eigenvalue weighted by Crippen LogP contribution is 2.52. The summed E-state index contributed by atoms with van der Waals surface area (Å²) >= 11 is 0.919. The molecule has 2 aromatic carbocycles. The zero-order valence-electron chi connectivity index (χ0n) is 18.3. The highest BCUT2D eigenvalue weighted by Gasteiger charge is 2.43. The Kier molecular flexibility index (Phi) is 7.47. The fourth-order valence-electron chi connectivity index (χ4n) is 3.58. The van der Waals surface area contributed by atoms with Crippen molar-refractivity contribution in [3.05, 3.63) is 53.6 Å². The van der Waals surface area contributed by atoms with E-state index in [0.717, 1.165) is 15.8 Å². The van der Waals surface area contributed by atoms with Crippen LogP contribution in [0.4, 0.5) is 11.4 Å². The summed E-state index contributed by atoms with van der Waals surface area (Å²) in [6.07, 6.45) is -0.654. The van der Waals surface area contributed by atoms with Crippen molar-refractivity contribution in [2.24, 2.45) is 5.92 Å². The molecule has 0 fully saturated rings. The van der Waals surface area contributed by atoms with Crippen molar-refractivity contribution >= 4 is 46.9 Å². The Balaban J connectivity index is 1.86. The number of nitrogens with two attached hydrogens (primary N) is 1. The standard InChI is InChI=1S/C20H27N4O6PS2/c1-12(2)19(23-33(29,30)24-22-17-9-4-5-10-18(17)32-24)31(27,28)11-15(20(25)26)14-7-6-8-16(21)13(14)3/h4-10,12,15,19,22-23H,11,21H2,1-3H3,(H,25,26)(H,27,28). The maximum atomic E-state index is 13.4. The van der Waals surface area contributed by atoms with E-state index in [1.54, 1.807) is 63.2 Å². The van der Waals surface area contributed by atoms with E-state index >= 15 is 0 Å². The summed E-state index contributed by atoms with van der Waals surface area (Å²) in [7, 11) is -8.61. The molecule has 33 heavy (non-hydrogen) atoms. The van der Waals surface area contributed by atoms with Crippen molar-refractivity contribution in [2.45, 2.75) is 37.4 Å². The maximum absolute atomic E-state index is 13.4. The van der Waals surface area contributed by atoms with Crippen LogP contribution in [-0.4, -0.2) is 40.2 Å². The number of fused-ring (bicyclic) bond motifs is 1. The fourth-order valence-corrected chi connectivity index (χ4v) is 9.00. The molecule has 1 aliphatic heterocycles. The average molecular weight is 515 g/mol. The Morgan fingerprint density at radius 3 is 2.52 bits per heavy atom. The molecule has 3 atom stereocenters. The summed E-state index contributed by atoms with van der Waals surface area (Å²) in [6, 6.07) is 11.7. The van der Waals surface area contributed by atoms with E-state index in [2.05, 4.69) is 10.1 Å². The second kappa shape index (κ2) is 9.65. The molecule has 3 rings (SSSR count). The van der Waals surface area contributed by atoms with Gasteiger partial charge in [-0.3, -0.25) is 14.8 Å². The van der Waals surface area contributed by atoms with Gasteiger partial charge < -0.3 is 15.7 Å². The Bertz CT molecular complexity index is 1180. The molecule has 2 aromatic rings. The molecule has 180 valence electrons. The lowest BCUT2D eigenvalue weighted by atomic mass is 9.95. The maximum Gasteiger partial charge on any atom is 0.311 e. The number of carboxylic acid groups (broad SMARTS) is 1. The van der Waals surface area contributed by atoms with Crippen LogP contribution in [0.1, 0.15) is 30.9 Å². The number of para-hydroxylation sites is 1. The lowest BCUT2D eigenvalue weighted by molar-refractivity contribution is -0.138. The second-order valence-corrected chi connectivity index (χ2v) is 13.3. The zero-order chi connectivity index (χ0) is 24.6. The van der Waals surface area contributed by atoms with Crippen molar-refractivity contribution in [1.29, 1.82) is 0 Å². The number of hydrogen-bond acceptors (Lipinski definition) is 7. The van der Waals surface area contributed by atoms with Crippen molar-refractivity contribution in [3.8, 4) is 0 Å². The molecule has 1 aliphatic rings. The first-order valence-electron chi connectivity index (χ1n) is 10.1. The molecule has 6 N–H and O–H groups in total. The van der Waals surface area contributed by atoms with Crippen molar-refractivity contribution < 1.29 is 27.8 Å². The average Bonchev–Trinajstić information content (AvgIpc) is 3.17. The zero-order valence-corrected chi connectivity index (χ0v) is 20.8. The monoisotopic (exact) mass is 514 g/mol. The first-order chi connectivity index (χ1) is 15.3. The van der Waals surface area contributed by atoms with E-state index in [-0.39, 0.29) is 0 Å². The molecule has 0 aromatic heterocycles. The van der Waals surface area contributed by atoms with Crippen molar-refractivity contribution in [3.63, 3.8) is 0 Å². The molecule has 13 heteroatoms. The van der Waals surface area contributed by atoms with Gasteiger partial charge in [0.2, 0.25) is 7.37 Å². The normalized spacial score (nSPS) is 17.7. The first kappa shape index (κ1) is 25.5. The molecule has 0 saturated carbocycles. The highest BCUT2D eigenvalue weighted by atomic mass is 32.3. The van der Waals surface area contributed by atoms with Crippen LogP contribution in [0.25, 0.3) is 0 Å². The van der Waals surface area contributed by atoms with Crippen LogP contribution < -0.4 is 15.9 Å². The third-order valence-corrected chi connectivity index (χ3v) is 10.7. The summed E-state index contributed by atoms with van der Waals surface area (Å²) < 4.78 is 42.7. The van der Waals surface area contributed by atoms with Gasteiger partial charge in [0.25, 0.3) is 0 Å². The van der Waals surface area contributed by atoms with Crippen LogP contribution in [0.3, 0.4) is 0 Å². The Morgan fingerprint density at radius 1 is 1.24 bits per heavy atom. The second-order valence-electron chi connectivity index (χ2n) is 8.13. The largest absolute Gasteiger partial charge is 0.481 e. The first-order valence-corrected chi connectivity index (χ1v) is 14.2. The number of nitrogens with zero attached hydrogens (tertiary/aromatic N) is 1. The molecule has 0 bridgehead atoms. The highest BCUT2D eigenvalue weighted by molar-refractivity contribution is 8.08. The van der Waals surface area contributed by atoms with Crippen LogP contribution in [0, 0.1) is 12.8 Å². The van der Waals surface area contributed by atoms with Gasteiger partial charge in [-0.05, 0) is 57.9 Å². The van der Waals surface area contributed by atoms with Crippen LogP contribution >= 0.6 is 19.3 Å². The smallest absolute Gasteiger partial charge is 0.311 e. The van der Waals surface area contributed by atoms with Crippen LogP contribution in [-0.2, 0) is 19.6 Å². The third-order valence-electron chi connectivity index (χ3n) is 5.37. The van der Waals surface area contributed by atoms with Gasteiger partial charge in [0.05, 0.1) is 16.5 Å². The number of nitrogens with one attached hydrogen (secondary N) is 2. The van der Waals surface area contributed by atoms with Crippen LogP contribution in [0.5, 0.6) is 0 Å². The van der Waals surface area contributed by atoms with Gasteiger partial charge in [0, 0.05) is 11.8 Å². The van der Waals surface area contributed by atoms with Gasteiger partial charge in [-0.1, -0.05) is 38.1 Å². The molecule has 0 spiro atoms. The van der Waals surface area contributed by atoms with Gasteiger partial charge in [0.1, 0.15) is 5.78 Å². The fraction of sp³-hybridized carbons (Fsp3) is 0.350. The summed E-state index contributed by atoms with van der Waals surface area (Å²) in [4.78, 5) is 23.7. The minimum absolute atomic E-state index is 0.314. The van der Waals surface area contributed by atoms with Crippen LogP contribution in [0.2, 0.25) is 0 Å². The van der Waals surface area contributed by atoms with E-state index < -0.39 is 47.3 Å².